The Morgan fingerprint density at radius 2 is 2.07 bits per heavy atom. The molecule has 76 valence electrons. The maximum absolute atomic E-state index is 10.6. The van der Waals surface area contributed by atoms with Crippen LogP contribution in [0.1, 0.15) is 10.5 Å². The molecular weight excluding hydrogens is 230 g/mol. The van der Waals surface area contributed by atoms with E-state index in [4.69, 9.17) is 5.11 Å². The second kappa shape index (κ2) is 4.46. The topological polar surface area (TPSA) is 50.2 Å². The first-order chi connectivity index (χ1) is 7.25. The molecule has 0 aliphatic carbocycles. The van der Waals surface area contributed by atoms with Crippen molar-refractivity contribution in [2.75, 3.05) is 0 Å². The Morgan fingerprint density at radius 3 is 2.67 bits per heavy atom. The Hall–Kier alpha value is -1.33. The molecule has 0 aliphatic heterocycles. The molecular formula is C10H7NO2S2. The Bertz CT molecular complexity index is 467. The lowest BCUT2D eigenvalue weighted by Gasteiger charge is -1.94. The highest BCUT2D eigenvalue weighted by atomic mass is 32.2. The van der Waals surface area contributed by atoms with Crippen LogP contribution in [-0.2, 0) is 0 Å². The highest BCUT2D eigenvalue weighted by Gasteiger charge is 2.09. The van der Waals surface area contributed by atoms with Crippen LogP contribution in [0.4, 0.5) is 0 Å². The maximum Gasteiger partial charge on any atom is 0.355 e. The summed E-state index contributed by atoms with van der Waals surface area (Å²) in [6, 6.07) is 9.75. The highest BCUT2D eigenvalue weighted by molar-refractivity contribution is 8.01. The number of rotatable bonds is 3. The van der Waals surface area contributed by atoms with Crippen molar-refractivity contribution < 1.29 is 9.90 Å². The second-order valence-corrected chi connectivity index (χ2v) is 4.90. The molecule has 0 fully saturated rings. The number of benzene rings is 1. The first-order valence-corrected chi connectivity index (χ1v) is 5.87. The fraction of sp³-hybridized carbons (Fsp3) is 0. The summed E-state index contributed by atoms with van der Waals surface area (Å²) in [5.41, 5.74) is 0.110. The molecule has 2 aromatic rings. The lowest BCUT2D eigenvalue weighted by molar-refractivity contribution is 0.0691. The lowest BCUT2D eigenvalue weighted by atomic mass is 10.4. The van der Waals surface area contributed by atoms with Gasteiger partial charge in [-0.3, -0.25) is 0 Å². The zero-order valence-electron chi connectivity index (χ0n) is 7.58. The number of thiazole rings is 1. The smallest absolute Gasteiger partial charge is 0.355 e. The molecule has 0 amide bonds. The number of aromatic carboxylic acids is 1. The van der Waals surface area contributed by atoms with Gasteiger partial charge in [0, 0.05) is 10.3 Å². The normalized spacial score (nSPS) is 10.1. The van der Waals surface area contributed by atoms with Crippen molar-refractivity contribution in [2.24, 2.45) is 0 Å². The average molecular weight is 237 g/mol. The first kappa shape index (κ1) is 10.2. The molecule has 0 spiro atoms. The van der Waals surface area contributed by atoms with Crippen molar-refractivity contribution in [1.29, 1.82) is 0 Å². The Morgan fingerprint density at radius 1 is 1.33 bits per heavy atom. The fourth-order valence-electron chi connectivity index (χ4n) is 0.992. The van der Waals surface area contributed by atoms with Crippen LogP contribution in [0.3, 0.4) is 0 Å². The van der Waals surface area contributed by atoms with Crippen molar-refractivity contribution in [2.45, 2.75) is 9.24 Å². The van der Waals surface area contributed by atoms with Crippen LogP contribution in [0.5, 0.6) is 0 Å². The van der Waals surface area contributed by atoms with E-state index in [-0.39, 0.29) is 5.69 Å². The zero-order chi connectivity index (χ0) is 10.7. The minimum Gasteiger partial charge on any atom is -0.476 e. The van der Waals surface area contributed by atoms with Gasteiger partial charge in [0.2, 0.25) is 0 Å². The van der Waals surface area contributed by atoms with Gasteiger partial charge in [-0.2, -0.15) is 0 Å². The van der Waals surface area contributed by atoms with Gasteiger partial charge in [0.1, 0.15) is 0 Å². The number of carboxylic acid groups (broad SMARTS) is 1. The average Bonchev–Trinajstić information content (AvgIpc) is 2.68. The number of carboxylic acids is 1. The largest absolute Gasteiger partial charge is 0.476 e. The van der Waals surface area contributed by atoms with Crippen LogP contribution < -0.4 is 0 Å². The minimum absolute atomic E-state index is 0.110. The molecule has 0 saturated carbocycles. The molecule has 1 aromatic heterocycles. The maximum atomic E-state index is 10.6. The number of carbonyl (C=O) groups is 1. The van der Waals surface area contributed by atoms with E-state index in [1.54, 1.807) is 5.38 Å². The van der Waals surface area contributed by atoms with Crippen molar-refractivity contribution >= 4 is 29.1 Å². The van der Waals surface area contributed by atoms with Gasteiger partial charge in [0.05, 0.1) is 0 Å². The van der Waals surface area contributed by atoms with Gasteiger partial charge in [-0.25, -0.2) is 9.78 Å². The summed E-state index contributed by atoms with van der Waals surface area (Å²) < 4.78 is 0.749. The summed E-state index contributed by atoms with van der Waals surface area (Å²) in [4.78, 5) is 15.6. The molecule has 0 saturated heterocycles. The summed E-state index contributed by atoms with van der Waals surface area (Å²) in [5, 5.41) is 10.2. The minimum atomic E-state index is -0.980. The molecule has 1 heterocycles. The van der Waals surface area contributed by atoms with E-state index < -0.39 is 5.97 Å². The standard InChI is InChI=1S/C10H7NO2S2/c12-9(13)8-6-14-10(11-8)15-7-4-2-1-3-5-7/h1-6H,(H,12,13). The molecule has 0 aliphatic rings. The lowest BCUT2D eigenvalue weighted by Crippen LogP contribution is -1.95. The third-order valence-corrected chi connectivity index (χ3v) is 3.60. The van der Waals surface area contributed by atoms with Gasteiger partial charge in [-0.15, -0.1) is 11.3 Å². The molecule has 0 bridgehead atoms. The van der Waals surface area contributed by atoms with Crippen molar-refractivity contribution in [1.82, 2.24) is 4.98 Å². The molecule has 2 rings (SSSR count). The van der Waals surface area contributed by atoms with E-state index in [9.17, 15) is 4.79 Å². The Labute approximate surface area is 94.8 Å². The molecule has 0 unspecified atom stereocenters. The van der Waals surface area contributed by atoms with Crippen molar-refractivity contribution in [3.8, 4) is 0 Å². The number of nitrogens with zero attached hydrogens (tertiary/aromatic N) is 1. The Balaban J connectivity index is 2.15. The highest BCUT2D eigenvalue weighted by Crippen LogP contribution is 2.29. The van der Waals surface area contributed by atoms with E-state index in [1.165, 1.54) is 23.1 Å². The summed E-state index contributed by atoms with van der Waals surface area (Å²) in [7, 11) is 0. The van der Waals surface area contributed by atoms with Gasteiger partial charge in [0.25, 0.3) is 0 Å². The molecule has 5 heteroatoms. The first-order valence-electron chi connectivity index (χ1n) is 4.17. The van der Waals surface area contributed by atoms with Crippen LogP contribution in [0.25, 0.3) is 0 Å². The van der Waals surface area contributed by atoms with E-state index in [1.807, 2.05) is 30.3 Å². The summed E-state index contributed by atoms with van der Waals surface area (Å²) in [6.07, 6.45) is 0. The van der Waals surface area contributed by atoms with Gasteiger partial charge >= 0.3 is 5.97 Å². The van der Waals surface area contributed by atoms with Crippen LogP contribution in [0.15, 0.2) is 44.9 Å². The summed E-state index contributed by atoms with van der Waals surface area (Å²) in [5.74, 6) is -0.980. The second-order valence-electron chi connectivity index (χ2n) is 2.72. The monoisotopic (exact) mass is 237 g/mol. The number of hydrogen-bond acceptors (Lipinski definition) is 4. The predicted molar refractivity (Wildman–Crippen MR) is 59.6 cm³/mol. The van der Waals surface area contributed by atoms with Crippen molar-refractivity contribution in [3.05, 3.63) is 41.4 Å². The molecule has 0 radical (unpaired) electrons. The van der Waals surface area contributed by atoms with Crippen molar-refractivity contribution in [3.63, 3.8) is 0 Å². The summed E-state index contributed by atoms with van der Waals surface area (Å²) >= 11 is 2.81. The van der Waals surface area contributed by atoms with Gasteiger partial charge in [0.15, 0.2) is 10.0 Å². The van der Waals surface area contributed by atoms with Crippen LogP contribution in [0, 0.1) is 0 Å². The SMILES string of the molecule is O=C(O)c1csc(Sc2ccccc2)n1. The number of aromatic nitrogens is 1. The predicted octanol–water partition coefficient (Wildman–Crippen LogP) is 2.99. The Kier molecular flexibility index (Phi) is 3.03. The molecule has 15 heavy (non-hydrogen) atoms. The van der Waals surface area contributed by atoms with E-state index >= 15 is 0 Å². The van der Waals surface area contributed by atoms with E-state index in [0.717, 1.165) is 9.24 Å². The molecule has 1 N–H and O–H groups in total. The van der Waals surface area contributed by atoms with E-state index in [2.05, 4.69) is 4.98 Å². The fourth-order valence-corrected chi connectivity index (χ4v) is 2.77. The zero-order valence-corrected chi connectivity index (χ0v) is 9.22. The molecule has 1 aromatic carbocycles. The van der Waals surface area contributed by atoms with Gasteiger partial charge in [-0.1, -0.05) is 30.0 Å². The third kappa shape index (κ3) is 2.57. The van der Waals surface area contributed by atoms with Crippen LogP contribution >= 0.6 is 23.1 Å². The van der Waals surface area contributed by atoms with Gasteiger partial charge < -0.3 is 5.11 Å². The quantitative estimate of drug-likeness (QED) is 0.891. The van der Waals surface area contributed by atoms with Crippen LogP contribution in [0.2, 0.25) is 0 Å². The molecule has 0 atom stereocenters. The molecule has 3 nitrogen and oxygen atoms in total. The van der Waals surface area contributed by atoms with Crippen LogP contribution in [-0.4, -0.2) is 16.1 Å². The number of hydrogen-bond donors (Lipinski definition) is 1. The third-order valence-electron chi connectivity index (χ3n) is 1.65. The summed E-state index contributed by atoms with van der Waals surface area (Å²) in [6.45, 7) is 0. The van der Waals surface area contributed by atoms with Gasteiger partial charge in [-0.05, 0) is 12.1 Å². The van der Waals surface area contributed by atoms with E-state index in [0.29, 0.717) is 0 Å².